The van der Waals surface area contributed by atoms with Gasteiger partial charge in [-0.25, -0.2) is 0 Å². The number of carbonyl (C=O) groups is 2. The van der Waals surface area contributed by atoms with Crippen LogP contribution in [0.15, 0.2) is 58.5 Å². The molecular weight excluding hydrogens is 408 g/mol. The van der Waals surface area contributed by atoms with Gasteiger partial charge in [0.05, 0.1) is 18.8 Å². The maximum atomic E-state index is 13.6. The molecule has 2 amide bonds. The molecule has 0 radical (unpaired) electrons. The molecule has 31 heavy (non-hydrogen) atoms. The van der Waals surface area contributed by atoms with Crippen molar-refractivity contribution >= 4 is 23.2 Å². The number of hydrogen-bond acceptors (Lipinski definition) is 4. The summed E-state index contributed by atoms with van der Waals surface area (Å²) in [4.78, 5) is 31.4. The molecule has 1 unspecified atom stereocenters. The molecule has 1 aromatic carbocycles. The lowest BCUT2D eigenvalue weighted by Gasteiger charge is -2.38. The van der Waals surface area contributed by atoms with Crippen molar-refractivity contribution < 1.29 is 14.0 Å². The summed E-state index contributed by atoms with van der Waals surface area (Å²) < 4.78 is 5.45. The van der Waals surface area contributed by atoms with Crippen LogP contribution in [0.5, 0.6) is 0 Å². The molecule has 6 heteroatoms. The number of aryl methyl sites for hydroxylation is 1. The zero-order valence-corrected chi connectivity index (χ0v) is 19.0. The van der Waals surface area contributed by atoms with Crippen LogP contribution in [0.1, 0.15) is 47.2 Å². The van der Waals surface area contributed by atoms with Crippen LogP contribution in [-0.2, 0) is 22.6 Å². The normalized spacial score (nSPS) is 15.7. The van der Waals surface area contributed by atoms with Gasteiger partial charge in [-0.2, -0.15) is 0 Å². The maximum absolute atomic E-state index is 13.6. The molecule has 0 bridgehead atoms. The lowest BCUT2D eigenvalue weighted by molar-refractivity contribution is -0.144. The minimum Gasteiger partial charge on any atom is -0.467 e. The van der Waals surface area contributed by atoms with Gasteiger partial charge in [0.15, 0.2) is 0 Å². The quantitative estimate of drug-likeness (QED) is 0.557. The first-order valence-corrected chi connectivity index (χ1v) is 11.6. The number of amides is 2. The molecule has 0 fully saturated rings. The smallest absolute Gasteiger partial charge is 0.243 e. The fourth-order valence-electron chi connectivity index (χ4n) is 4.24. The minimum absolute atomic E-state index is 0.0364. The third-order valence-electron chi connectivity index (χ3n) is 5.83. The standard InChI is InChI=1S/C25H28N2O3S/c1-17(2)25(29)26(15-19-8-6-13-30-19)16-23(28)27-12-10-22-21(11-14-31-22)24(27)20-9-5-4-7-18(20)3/h4-9,11,13-14,17,24H,10,12,15-16H2,1-3H3. The van der Waals surface area contributed by atoms with E-state index in [1.54, 1.807) is 28.6 Å². The average Bonchev–Trinajstić information content (AvgIpc) is 3.44. The van der Waals surface area contributed by atoms with Crippen LogP contribution in [0.25, 0.3) is 0 Å². The number of carbonyl (C=O) groups excluding carboxylic acids is 2. The highest BCUT2D eigenvalue weighted by molar-refractivity contribution is 7.10. The van der Waals surface area contributed by atoms with Crippen molar-refractivity contribution in [1.82, 2.24) is 9.80 Å². The topological polar surface area (TPSA) is 53.8 Å². The van der Waals surface area contributed by atoms with Gasteiger partial charge in [0.25, 0.3) is 0 Å². The first-order chi connectivity index (χ1) is 15.0. The molecule has 0 aliphatic carbocycles. The second-order valence-electron chi connectivity index (χ2n) is 8.32. The summed E-state index contributed by atoms with van der Waals surface area (Å²) in [6, 6.07) is 13.9. The van der Waals surface area contributed by atoms with Gasteiger partial charge in [0, 0.05) is 17.3 Å². The number of hydrogen-bond donors (Lipinski definition) is 0. The van der Waals surface area contributed by atoms with Crippen LogP contribution in [0.3, 0.4) is 0 Å². The first kappa shape index (κ1) is 21.4. The van der Waals surface area contributed by atoms with E-state index >= 15 is 0 Å². The summed E-state index contributed by atoms with van der Waals surface area (Å²) in [7, 11) is 0. The monoisotopic (exact) mass is 436 g/mol. The summed E-state index contributed by atoms with van der Waals surface area (Å²) in [5, 5.41) is 2.11. The number of fused-ring (bicyclic) bond motifs is 1. The Morgan fingerprint density at radius 1 is 1.16 bits per heavy atom. The molecular formula is C25H28N2O3S. The van der Waals surface area contributed by atoms with Crippen molar-refractivity contribution in [3.05, 3.63) is 81.4 Å². The van der Waals surface area contributed by atoms with Crippen molar-refractivity contribution in [3.8, 4) is 0 Å². The van der Waals surface area contributed by atoms with Crippen molar-refractivity contribution in [1.29, 1.82) is 0 Å². The van der Waals surface area contributed by atoms with E-state index in [1.165, 1.54) is 10.4 Å². The summed E-state index contributed by atoms with van der Waals surface area (Å²) >= 11 is 1.75. The SMILES string of the molecule is Cc1ccccc1C1c2ccsc2CCN1C(=O)CN(Cc1ccco1)C(=O)C(C)C. The van der Waals surface area contributed by atoms with Crippen LogP contribution in [-0.4, -0.2) is 34.7 Å². The highest BCUT2D eigenvalue weighted by Gasteiger charge is 2.35. The number of furan rings is 1. The molecule has 4 rings (SSSR count). The van der Waals surface area contributed by atoms with E-state index in [-0.39, 0.29) is 30.3 Å². The third-order valence-corrected chi connectivity index (χ3v) is 6.82. The zero-order chi connectivity index (χ0) is 22.0. The molecule has 0 spiro atoms. The van der Waals surface area contributed by atoms with Crippen LogP contribution in [0, 0.1) is 12.8 Å². The molecule has 3 aromatic rings. The van der Waals surface area contributed by atoms with E-state index in [1.807, 2.05) is 36.9 Å². The second-order valence-corrected chi connectivity index (χ2v) is 9.32. The lowest BCUT2D eigenvalue weighted by Crippen LogP contribution is -2.47. The Kier molecular flexibility index (Phi) is 6.28. The van der Waals surface area contributed by atoms with E-state index in [0.717, 1.165) is 17.5 Å². The molecule has 162 valence electrons. The Bertz CT molecular complexity index is 1050. The molecule has 3 heterocycles. The van der Waals surface area contributed by atoms with Crippen molar-refractivity contribution in [2.24, 2.45) is 5.92 Å². The maximum Gasteiger partial charge on any atom is 0.243 e. The zero-order valence-electron chi connectivity index (χ0n) is 18.2. The van der Waals surface area contributed by atoms with Gasteiger partial charge < -0.3 is 14.2 Å². The van der Waals surface area contributed by atoms with Gasteiger partial charge in [-0.05, 0) is 53.6 Å². The average molecular weight is 437 g/mol. The van der Waals surface area contributed by atoms with Gasteiger partial charge in [-0.3, -0.25) is 9.59 Å². The lowest BCUT2D eigenvalue weighted by atomic mass is 9.90. The van der Waals surface area contributed by atoms with Gasteiger partial charge in [0.1, 0.15) is 12.3 Å². The van der Waals surface area contributed by atoms with E-state index in [9.17, 15) is 9.59 Å². The number of thiophene rings is 1. The molecule has 0 saturated heterocycles. The molecule has 5 nitrogen and oxygen atoms in total. The Balaban J connectivity index is 1.63. The summed E-state index contributed by atoms with van der Waals surface area (Å²) in [5.74, 6) is 0.395. The fraction of sp³-hybridized carbons (Fsp3) is 0.360. The first-order valence-electron chi connectivity index (χ1n) is 10.7. The largest absolute Gasteiger partial charge is 0.467 e. The highest BCUT2D eigenvalue weighted by atomic mass is 32.1. The Morgan fingerprint density at radius 2 is 1.97 bits per heavy atom. The molecule has 1 atom stereocenters. The Labute approximate surface area is 187 Å². The number of nitrogens with zero attached hydrogens (tertiary/aromatic N) is 2. The van der Waals surface area contributed by atoms with Crippen molar-refractivity contribution in [3.63, 3.8) is 0 Å². The molecule has 2 aromatic heterocycles. The molecule has 1 aliphatic heterocycles. The Hall–Kier alpha value is -2.86. The summed E-state index contributed by atoms with van der Waals surface area (Å²) in [6.07, 6.45) is 2.43. The van der Waals surface area contributed by atoms with Crippen LogP contribution in [0.2, 0.25) is 0 Å². The van der Waals surface area contributed by atoms with Gasteiger partial charge in [-0.15, -0.1) is 11.3 Å². The molecule has 0 saturated carbocycles. The van der Waals surface area contributed by atoms with Crippen LogP contribution < -0.4 is 0 Å². The van der Waals surface area contributed by atoms with Gasteiger partial charge >= 0.3 is 0 Å². The predicted molar refractivity (Wildman–Crippen MR) is 122 cm³/mol. The number of rotatable bonds is 6. The summed E-state index contributed by atoms with van der Waals surface area (Å²) in [5.41, 5.74) is 3.50. The van der Waals surface area contributed by atoms with Crippen LogP contribution in [0.4, 0.5) is 0 Å². The van der Waals surface area contributed by atoms with Crippen molar-refractivity contribution in [2.45, 2.75) is 39.8 Å². The predicted octanol–water partition coefficient (Wildman–Crippen LogP) is 4.81. The van der Waals surface area contributed by atoms with Crippen LogP contribution >= 0.6 is 11.3 Å². The minimum atomic E-state index is -0.195. The fourth-order valence-corrected chi connectivity index (χ4v) is 5.14. The Morgan fingerprint density at radius 3 is 2.68 bits per heavy atom. The van der Waals surface area contributed by atoms with E-state index in [4.69, 9.17) is 4.42 Å². The van der Waals surface area contributed by atoms with Gasteiger partial charge in [0.2, 0.25) is 11.8 Å². The number of benzene rings is 1. The van der Waals surface area contributed by atoms with E-state index < -0.39 is 0 Å². The molecule has 0 N–H and O–H groups in total. The van der Waals surface area contributed by atoms with E-state index in [0.29, 0.717) is 18.8 Å². The highest BCUT2D eigenvalue weighted by Crippen LogP contribution is 2.39. The van der Waals surface area contributed by atoms with Gasteiger partial charge in [-0.1, -0.05) is 38.1 Å². The van der Waals surface area contributed by atoms with Crippen molar-refractivity contribution in [2.75, 3.05) is 13.1 Å². The second kappa shape index (κ2) is 9.10. The van der Waals surface area contributed by atoms with E-state index in [2.05, 4.69) is 30.5 Å². The molecule has 1 aliphatic rings. The summed E-state index contributed by atoms with van der Waals surface area (Å²) in [6.45, 7) is 6.79. The third kappa shape index (κ3) is 4.44.